The molecule has 1 aromatic rings. The molecule has 3 saturated heterocycles. The Labute approximate surface area is 104 Å². The molecule has 94 valence electrons. The average molecular weight is 248 g/mol. The molecule has 3 aliphatic heterocycles. The topological polar surface area (TPSA) is 54.0 Å². The smallest absolute Gasteiger partial charge is 0.195 e. The Morgan fingerprint density at radius 1 is 1.06 bits per heavy atom. The second-order valence-corrected chi connectivity index (χ2v) is 4.63. The molecule has 2 bridgehead atoms. The molecule has 1 unspecified atom stereocenters. The van der Waals surface area contributed by atoms with E-state index < -0.39 is 30.9 Å². The second-order valence-electron chi connectivity index (χ2n) is 4.63. The Bertz CT molecular complexity index is 474. The summed E-state index contributed by atoms with van der Waals surface area (Å²) in [5.74, 6) is -0.0767. The van der Waals surface area contributed by atoms with Crippen molar-refractivity contribution in [3.05, 3.63) is 35.9 Å². The maximum absolute atomic E-state index is 12.0. The van der Waals surface area contributed by atoms with Crippen LogP contribution in [0.25, 0.3) is 0 Å². The molecule has 1 aromatic carbocycles. The molecule has 0 spiro atoms. The number of fused-ring (bicyclic) bond motifs is 4. The third kappa shape index (κ3) is 1.45. The fraction of sp³-hybridized carbons (Fsp3) is 0.462. The van der Waals surface area contributed by atoms with Crippen molar-refractivity contribution < 1.29 is 23.7 Å². The van der Waals surface area contributed by atoms with Crippen molar-refractivity contribution in [1.82, 2.24) is 0 Å². The van der Waals surface area contributed by atoms with E-state index in [2.05, 4.69) is 0 Å². The molecule has 5 nitrogen and oxygen atoms in total. The summed E-state index contributed by atoms with van der Waals surface area (Å²) in [6, 6.07) is 9.56. The lowest BCUT2D eigenvalue weighted by Crippen LogP contribution is -2.49. The number of ether oxygens (including phenoxy) is 4. The van der Waals surface area contributed by atoms with E-state index in [1.807, 2.05) is 30.3 Å². The molecule has 4 rings (SSSR count). The zero-order valence-corrected chi connectivity index (χ0v) is 9.52. The van der Waals surface area contributed by atoms with Crippen LogP contribution in [0.3, 0.4) is 0 Å². The van der Waals surface area contributed by atoms with Crippen LogP contribution < -0.4 is 0 Å². The average Bonchev–Trinajstić information content (AvgIpc) is 3.04. The van der Waals surface area contributed by atoms with Crippen molar-refractivity contribution in [1.29, 1.82) is 0 Å². The summed E-state index contributed by atoms with van der Waals surface area (Å²) >= 11 is 0. The third-order valence-electron chi connectivity index (χ3n) is 3.50. The molecule has 0 amide bonds. The van der Waals surface area contributed by atoms with Gasteiger partial charge in [-0.15, -0.1) is 0 Å². The summed E-state index contributed by atoms with van der Waals surface area (Å²) in [4.78, 5) is 12.0. The Morgan fingerprint density at radius 2 is 1.89 bits per heavy atom. The van der Waals surface area contributed by atoms with Gasteiger partial charge in [-0.05, 0) is 0 Å². The van der Waals surface area contributed by atoms with Gasteiger partial charge in [0.15, 0.2) is 24.5 Å². The molecule has 18 heavy (non-hydrogen) atoms. The molecule has 0 aromatic heterocycles. The lowest BCUT2D eigenvalue weighted by molar-refractivity contribution is -0.175. The molecule has 3 fully saturated rings. The first-order valence-electron chi connectivity index (χ1n) is 5.99. The molecule has 5 heteroatoms. The normalized spacial score (nSPS) is 42.0. The van der Waals surface area contributed by atoms with Crippen LogP contribution in [0.1, 0.15) is 11.9 Å². The predicted octanol–water partition coefficient (Wildman–Crippen LogP) is 0.793. The maximum Gasteiger partial charge on any atom is 0.195 e. The van der Waals surface area contributed by atoms with Crippen molar-refractivity contribution in [2.24, 2.45) is 0 Å². The standard InChI is InChI=1S/C13H12O5/c14-9-8-6-15-13(16-8)11-10(9)17-12(18-11)7-4-2-1-3-5-7/h1-5,8,10-13H,6H2/t8-,10-,11-,12?,13+/m1/s1. The van der Waals surface area contributed by atoms with Crippen LogP contribution in [0.15, 0.2) is 30.3 Å². The predicted molar refractivity (Wildman–Crippen MR) is 58.5 cm³/mol. The highest BCUT2D eigenvalue weighted by Gasteiger charge is 2.56. The van der Waals surface area contributed by atoms with Gasteiger partial charge in [-0.25, -0.2) is 0 Å². The first-order chi connectivity index (χ1) is 8.83. The molecule has 3 aliphatic rings. The van der Waals surface area contributed by atoms with Crippen molar-refractivity contribution >= 4 is 5.78 Å². The fourth-order valence-corrected chi connectivity index (χ4v) is 2.59. The van der Waals surface area contributed by atoms with E-state index in [0.29, 0.717) is 6.61 Å². The minimum absolute atomic E-state index is 0.0767. The number of rotatable bonds is 1. The van der Waals surface area contributed by atoms with Crippen LogP contribution in [-0.2, 0) is 23.7 Å². The highest BCUT2D eigenvalue weighted by molar-refractivity contribution is 5.89. The summed E-state index contributed by atoms with van der Waals surface area (Å²) in [7, 11) is 0. The minimum Gasteiger partial charge on any atom is -0.347 e. The third-order valence-corrected chi connectivity index (χ3v) is 3.50. The van der Waals surface area contributed by atoms with Gasteiger partial charge >= 0.3 is 0 Å². The number of carbonyl (C=O) groups excluding carboxylic acids is 1. The van der Waals surface area contributed by atoms with E-state index in [0.717, 1.165) is 5.56 Å². The number of hydrogen-bond acceptors (Lipinski definition) is 5. The van der Waals surface area contributed by atoms with Gasteiger partial charge in [0.2, 0.25) is 0 Å². The van der Waals surface area contributed by atoms with Gasteiger partial charge in [0.25, 0.3) is 0 Å². The zero-order chi connectivity index (χ0) is 12.1. The Kier molecular flexibility index (Phi) is 2.28. The van der Waals surface area contributed by atoms with Crippen LogP contribution >= 0.6 is 0 Å². The second kappa shape index (κ2) is 3.86. The van der Waals surface area contributed by atoms with Gasteiger partial charge in [-0.2, -0.15) is 0 Å². The minimum atomic E-state index is -0.568. The van der Waals surface area contributed by atoms with E-state index in [9.17, 15) is 4.79 Å². The van der Waals surface area contributed by atoms with E-state index in [-0.39, 0.29) is 5.78 Å². The van der Waals surface area contributed by atoms with Crippen LogP contribution in [0.5, 0.6) is 0 Å². The summed E-state index contributed by atoms with van der Waals surface area (Å²) in [5.41, 5.74) is 0.899. The van der Waals surface area contributed by atoms with Crippen LogP contribution in [0, 0.1) is 0 Å². The van der Waals surface area contributed by atoms with Crippen molar-refractivity contribution in [2.45, 2.75) is 30.9 Å². The van der Waals surface area contributed by atoms with E-state index in [4.69, 9.17) is 18.9 Å². The fourth-order valence-electron chi connectivity index (χ4n) is 2.59. The molecule has 0 aliphatic carbocycles. The van der Waals surface area contributed by atoms with Gasteiger partial charge in [-0.1, -0.05) is 30.3 Å². The number of Topliss-reactive ketones (excluding diaryl/α,β-unsaturated/α-hetero) is 1. The van der Waals surface area contributed by atoms with Crippen molar-refractivity contribution in [3.8, 4) is 0 Å². The van der Waals surface area contributed by atoms with Gasteiger partial charge in [0.05, 0.1) is 6.61 Å². The molecule has 0 N–H and O–H groups in total. The first-order valence-corrected chi connectivity index (χ1v) is 5.99. The lowest BCUT2D eigenvalue weighted by Gasteiger charge is -2.25. The van der Waals surface area contributed by atoms with Gasteiger partial charge in [0.1, 0.15) is 12.2 Å². The van der Waals surface area contributed by atoms with E-state index in [1.165, 1.54) is 0 Å². The highest BCUT2D eigenvalue weighted by atomic mass is 16.8. The Morgan fingerprint density at radius 3 is 2.72 bits per heavy atom. The molecular weight excluding hydrogens is 236 g/mol. The summed E-state index contributed by atoms with van der Waals surface area (Å²) in [6.07, 6.45) is -2.51. The summed E-state index contributed by atoms with van der Waals surface area (Å²) in [6.45, 7) is 0.305. The summed E-state index contributed by atoms with van der Waals surface area (Å²) < 4.78 is 22.3. The van der Waals surface area contributed by atoms with E-state index >= 15 is 0 Å². The summed E-state index contributed by atoms with van der Waals surface area (Å²) in [5, 5.41) is 0. The quantitative estimate of drug-likeness (QED) is 0.735. The van der Waals surface area contributed by atoms with Crippen molar-refractivity contribution in [3.63, 3.8) is 0 Å². The number of hydrogen-bond donors (Lipinski definition) is 0. The lowest BCUT2D eigenvalue weighted by atomic mass is 10.0. The molecule has 0 saturated carbocycles. The number of benzene rings is 1. The first kappa shape index (κ1) is 10.6. The van der Waals surface area contributed by atoms with Gasteiger partial charge < -0.3 is 18.9 Å². The van der Waals surface area contributed by atoms with Crippen LogP contribution in [0.2, 0.25) is 0 Å². The largest absolute Gasteiger partial charge is 0.347 e. The van der Waals surface area contributed by atoms with Crippen LogP contribution in [-0.4, -0.2) is 37.0 Å². The molecular formula is C13H12O5. The number of ketones is 1. The maximum atomic E-state index is 12.0. The van der Waals surface area contributed by atoms with Gasteiger partial charge in [0, 0.05) is 5.56 Å². The van der Waals surface area contributed by atoms with Gasteiger partial charge in [-0.3, -0.25) is 4.79 Å². The Balaban J connectivity index is 1.61. The molecule has 3 heterocycles. The zero-order valence-electron chi connectivity index (χ0n) is 9.52. The monoisotopic (exact) mass is 248 g/mol. The number of carbonyl (C=O) groups is 1. The Hall–Kier alpha value is -1.27. The SMILES string of the molecule is O=C1[C@H]2OC(c3ccccc3)O[C@H]2[C@H]2OC[C@H]1O2. The van der Waals surface area contributed by atoms with E-state index in [1.54, 1.807) is 0 Å². The highest BCUT2D eigenvalue weighted by Crippen LogP contribution is 2.39. The van der Waals surface area contributed by atoms with Crippen molar-refractivity contribution in [2.75, 3.05) is 6.61 Å². The molecule has 0 radical (unpaired) electrons. The molecule has 5 atom stereocenters. The van der Waals surface area contributed by atoms with Crippen LogP contribution in [0.4, 0.5) is 0 Å².